The number of hydrogen-bond donors (Lipinski definition) is 1. The van der Waals surface area contributed by atoms with E-state index in [9.17, 15) is 10.1 Å². The fraction of sp³-hybridized carbons (Fsp3) is 0.308. The first-order valence-corrected chi connectivity index (χ1v) is 6.13. The Hall–Kier alpha value is -2.57. The van der Waals surface area contributed by atoms with Gasteiger partial charge in [0.05, 0.1) is 30.8 Å². The largest absolute Gasteiger partial charge is 0.496 e. The Labute approximate surface area is 115 Å². The van der Waals surface area contributed by atoms with Crippen LogP contribution in [0.5, 0.6) is 5.75 Å². The fourth-order valence-corrected chi connectivity index (χ4v) is 1.68. The molecule has 0 unspecified atom stereocenters. The summed E-state index contributed by atoms with van der Waals surface area (Å²) in [6.07, 6.45) is 2.45. The summed E-state index contributed by atoms with van der Waals surface area (Å²) in [4.78, 5) is 14.5. The number of aryl methyl sites for hydroxylation is 1. The van der Waals surface area contributed by atoms with E-state index in [-0.39, 0.29) is 5.69 Å². The summed E-state index contributed by atoms with van der Waals surface area (Å²) in [6, 6.07) is 4.48. The zero-order chi connectivity index (χ0) is 14.5. The van der Waals surface area contributed by atoms with Crippen molar-refractivity contribution in [2.75, 3.05) is 12.4 Å². The monoisotopic (exact) mass is 277 g/mol. The zero-order valence-electron chi connectivity index (χ0n) is 11.3. The van der Waals surface area contributed by atoms with Crippen molar-refractivity contribution in [1.29, 1.82) is 0 Å². The number of rotatable bonds is 6. The van der Waals surface area contributed by atoms with Crippen LogP contribution < -0.4 is 10.1 Å². The van der Waals surface area contributed by atoms with Crippen LogP contribution in [-0.4, -0.2) is 17.0 Å². The van der Waals surface area contributed by atoms with Crippen molar-refractivity contribution in [1.82, 2.24) is 4.98 Å². The number of hydrogen-bond acceptors (Lipinski definition) is 6. The van der Waals surface area contributed by atoms with Crippen LogP contribution in [0.15, 0.2) is 28.8 Å². The van der Waals surface area contributed by atoms with Crippen molar-refractivity contribution >= 4 is 11.4 Å². The molecule has 0 aliphatic carbocycles. The molecular formula is C13H15N3O4. The molecule has 2 aromatic rings. The van der Waals surface area contributed by atoms with Gasteiger partial charge in [0.1, 0.15) is 11.5 Å². The summed E-state index contributed by atoms with van der Waals surface area (Å²) in [6.45, 7) is 2.33. The van der Waals surface area contributed by atoms with Crippen molar-refractivity contribution in [2.24, 2.45) is 0 Å². The number of nitrogens with zero attached hydrogens (tertiary/aromatic N) is 2. The Morgan fingerprint density at radius 1 is 1.45 bits per heavy atom. The third kappa shape index (κ3) is 3.25. The Bertz CT molecular complexity index is 609. The summed E-state index contributed by atoms with van der Waals surface area (Å²) in [5.41, 5.74) is 0.542. The molecule has 1 heterocycles. The van der Waals surface area contributed by atoms with Gasteiger partial charge in [0, 0.05) is 24.2 Å². The Kier molecular flexibility index (Phi) is 4.19. The molecule has 1 N–H and O–H groups in total. The SMILES string of the molecule is CCc1cnc(CNc2cc(OC)cc([N+](=O)[O-])c2)o1. The summed E-state index contributed by atoms with van der Waals surface area (Å²) in [5.74, 6) is 1.76. The predicted molar refractivity (Wildman–Crippen MR) is 72.9 cm³/mol. The van der Waals surface area contributed by atoms with E-state index in [0.29, 0.717) is 23.9 Å². The maximum atomic E-state index is 10.8. The molecule has 0 spiro atoms. The summed E-state index contributed by atoms with van der Waals surface area (Å²) < 4.78 is 10.5. The third-order valence-corrected chi connectivity index (χ3v) is 2.73. The number of non-ortho nitro benzene ring substituents is 1. The van der Waals surface area contributed by atoms with Crippen molar-refractivity contribution < 1.29 is 14.1 Å². The number of methoxy groups -OCH3 is 1. The molecule has 7 nitrogen and oxygen atoms in total. The van der Waals surface area contributed by atoms with Crippen molar-refractivity contribution in [3.8, 4) is 5.75 Å². The first kappa shape index (κ1) is 13.9. The molecule has 0 radical (unpaired) electrons. The molecule has 0 saturated heterocycles. The van der Waals surface area contributed by atoms with Gasteiger partial charge in [-0.05, 0) is 0 Å². The van der Waals surface area contributed by atoms with Crippen LogP contribution in [0.25, 0.3) is 0 Å². The minimum atomic E-state index is -0.464. The number of ether oxygens (including phenoxy) is 1. The second-order valence-electron chi connectivity index (χ2n) is 4.10. The average molecular weight is 277 g/mol. The predicted octanol–water partition coefficient (Wildman–Crippen LogP) is 2.77. The molecule has 0 amide bonds. The van der Waals surface area contributed by atoms with Gasteiger partial charge < -0.3 is 14.5 Å². The van der Waals surface area contributed by atoms with Gasteiger partial charge in [-0.15, -0.1) is 0 Å². The molecule has 1 aromatic heterocycles. The topological polar surface area (TPSA) is 90.4 Å². The Morgan fingerprint density at radius 2 is 2.25 bits per heavy atom. The highest BCUT2D eigenvalue weighted by Gasteiger charge is 2.11. The fourth-order valence-electron chi connectivity index (χ4n) is 1.68. The summed E-state index contributed by atoms with van der Waals surface area (Å²) >= 11 is 0. The van der Waals surface area contributed by atoms with E-state index in [0.717, 1.165) is 12.2 Å². The van der Waals surface area contributed by atoms with Crippen LogP contribution in [0.4, 0.5) is 11.4 Å². The van der Waals surface area contributed by atoms with Gasteiger partial charge in [0.15, 0.2) is 0 Å². The van der Waals surface area contributed by atoms with E-state index in [4.69, 9.17) is 9.15 Å². The number of nitro benzene ring substituents is 1. The van der Waals surface area contributed by atoms with Crippen LogP contribution in [0.1, 0.15) is 18.6 Å². The van der Waals surface area contributed by atoms with Gasteiger partial charge in [0.25, 0.3) is 5.69 Å². The lowest BCUT2D eigenvalue weighted by Gasteiger charge is -2.06. The first-order valence-electron chi connectivity index (χ1n) is 6.13. The van der Waals surface area contributed by atoms with E-state index in [2.05, 4.69) is 10.3 Å². The van der Waals surface area contributed by atoms with Gasteiger partial charge in [-0.2, -0.15) is 0 Å². The third-order valence-electron chi connectivity index (χ3n) is 2.73. The molecule has 20 heavy (non-hydrogen) atoms. The number of anilines is 1. The van der Waals surface area contributed by atoms with Crippen LogP contribution in [0.2, 0.25) is 0 Å². The lowest BCUT2D eigenvalue weighted by molar-refractivity contribution is -0.384. The molecule has 1 aromatic carbocycles. The summed E-state index contributed by atoms with van der Waals surface area (Å²) in [5, 5.41) is 13.9. The maximum absolute atomic E-state index is 10.8. The van der Waals surface area contributed by atoms with Gasteiger partial charge in [0.2, 0.25) is 5.89 Å². The first-order chi connectivity index (χ1) is 9.62. The number of benzene rings is 1. The number of oxazole rings is 1. The van der Waals surface area contributed by atoms with Crippen LogP contribution in [0, 0.1) is 10.1 Å². The van der Waals surface area contributed by atoms with E-state index in [1.807, 2.05) is 6.92 Å². The van der Waals surface area contributed by atoms with Gasteiger partial charge in [-0.3, -0.25) is 10.1 Å². The lowest BCUT2D eigenvalue weighted by Crippen LogP contribution is -2.01. The van der Waals surface area contributed by atoms with Crippen molar-refractivity contribution in [3.63, 3.8) is 0 Å². The van der Waals surface area contributed by atoms with E-state index in [1.165, 1.54) is 19.2 Å². The molecular weight excluding hydrogens is 262 g/mol. The Balaban J connectivity index is 2.12. The normalized spacial score (nSPS) is 10.3. The lowest BCUT2D eigenvalue weighted by atomic mass is 10.2. The zero-order valence-corrected chi connectivity index (χ0v) is 11.3. The number of nitro groups is 1. The maximum Gasteiger partial charge on any atom is 0.275 e. The van der Waals surface area contributed by atoms with Crippen LogP contribution >= 0.6 is 0 Å². The molecule has 106 valence electrons. The highest BCUT2D eigenvalue weighted by atomic mass is 16.6. The molecule has 0 aliphatic heterocycles. The minimum Gasteiger partial charge on any atom is -0.496 e. The molecule has 0 fully saturated rings. The van der Waals surface area contributed by atoms with E-state index < -0.39 is 4.92 Å². The molecule has 0 bridgehead atoms. The van der Waals surface area contributed by atoms with Crippen LogP contribution in [-0.2, 0) is 13.0 Å². The number of aromatic nitrogens is 1. The Morgan fingerprint density at radius 3 is 2.85 bits per heavy atom. The van der Waals surface area contributed by atoms with Gasteiger partial charge in [-0.25, -0.2) is 4.98 Å². The quantitative estimate of drug-likeness (QED) is 0.645. The van der Waals surface area contributed by atoms with Crippen LogP contribution in [0.3, 0.4) is 0 Å². The van der Waals surface area contributed by atoms with Gasteiger partial charge >= 0.3 is 0 Å². The van der Waals surface area contributed by atoms with E-state index >= 15 is 0 Å². The standard InChI is InChI=1S/C13H15N3O4/c1-3-11-7-15-13(20-11)8-14-9-4-10(16(17)18)6-12(5-9)19-2/h4-7,14H,3,8H2,1-2H3. The average Bonchev–Trinajstić information content (AvgIpc) is 2.92. The van der Waals surface area contributed by atoms with E-state index in [1.54, 1.807) is 12.3 Å². The molecule has 0 saturated carbocycles. The smallest absolute Gasteiger partial charge is 0.275 e. The minimum absolute atomic E-state index is 0.0338. The second-order valence-corrected chi connectivity index (χ2v) is 4.10. The van der Waals surface area contributed by atoms with Gasteiger partial charge in [-0.1, -0.05) is 6.92 Å². The number of nitrogens with one attached hydrogen (secondary N) is 1. The highest BCUT2D eigenvalue weighted by molar-refractivity contribution is 5.56. The molecule has 0 atom stereocenters. The second kappa shape index (κ2) is 6.05. The highest BCUT2D eigenvalue weighted by Crippen LogP contribution is 2.26. The van der Waals surface area contributed by atoms with Crippen molar-refractivity contribution in [3.05, 3.63) is 46.2 Å². The molecule has 2 rings (SSSR count). The molecule has 0 aliphatic rings. The molecule has 7 heteroatoms. The van der Waals surface area contributed by atoms with Crippen molar-refractivity contribution in [2.45, 2.75) is 19.9 Å². The summed E-state index contributed by atoms with van der Waals surface area (Å²) in [7, 11) is 1.46.